The van der Waals surface area contributed by atoms with Gasteiger partial charge in [-0.3, -0.25) is 4.98 Å². The molecule has 0 atom stereocenters. The zero-order valence-corrected chi connectivity index (χ0v) is 8.90. The lowest BCUT2D eigenvalue weighted by atomic mass is 10.3. The highest BCUT2D eigenvalue weighted by atomic mass is 32.3. The molecule has 0 radical (unpaired) electrons. The topological polar surface area (TPSA) is 12.9 Å². The van der Waals surface area contributed by atoms with Crippen LogP contribution in [-0.4, -0.2) is 29.5 Å². The summed E-state index contributed by atoms with van der Waals surface area (Å²) in [7, 11) is -0.362. The van der Waals surface area contributed by atoms with E-state index in [9.17, 15) is 0 Å². The highest BCUT2D eigenvalue weighted by molar-refractivity contribution is 8.32. The minimum Gasteiger partial charge on any atom is -0.261 e. The second-order valence-corrected chi connectivity index (χ2v) is 8.46. The molecule has 0 aromatic carbocycles. The van der Waals surface area contributed by atoms with E-state index in [1.807, 2.05) is 12.3 Å². The van der Waals surface area contributed by atoms with Gasteiger partial charge < -0.3 is 0 Å². The fourth-order valence-corrected chi connectivity index (χ4v) is 1.78. The van der Waals surface area contributed by atoms with Gasteiger partial charge in [0, 0.05) is 11.9 Å². The molecule has 0 amide bonds. The first-order valence-electron chi connectivity index (χ1n) is 4.14. The number of aryl methyl sites for hydroxylation is 1. The van der Waals surface area contributed by atoms with E-state index in [0.717, 1.165) is 6.42 Å². The largest absolute Gasteiger partial charge is 0.261 e. The van der Waals surface area contributed by atoms with Crippen molar-refractivity contribution in [2.75, 3.05) is 24.5 Å². The van der Waals surface area contributed by atoms with Crippen molar-refractivity contribution in [3.8, 4) is 0 Å². The van der Waals surface area contributed by atoms with E-state index in [1.54, 1.807) is 0 Å². The van der Waals surface area contributed by atoms with Crippen molar-refractivity contribution < 1.29 is 0 Å². The van der Waals surface area contributed by atoms with Crippen molar-refractivity contribution in [3.63, 3.8) is 0 Å². The van der Waals surface area contributed by atoms with Crippen LogP contribution in [0, 0.1) is 0 Å². The first kappa shape index (κ1) is 9.59. The average molecular weight is 183 g/mol. The molecule has 1 rings (SSSR count). The molecule has 1 aromatic rings. The summed E-state index contributed by atoms with van der Waals surface area (Å²) in [5.41, 5.74) is 1.22. The van der Waals surface area contributed by atoms with Crippen molar-refractivity contribution in [1.29, 1.82) is 0 Å². The highest BCUT2D eigenvalue weighted by Gasteiger charge is 2.03. The molecule has 1 heterocycles. The molecule has 0 aliphatic heterocycles. The maximum absolute atomic E-state index is 4.30. The Morgan fingerprint density at radius 2 is 2.00 bits per heavy atom. The molecule has 0 fully saturated rings. The molecule has 0 aliphatic carbocycles. The summed E-state index contributed by atoms with van der Waals surface area (Å²) in [6, 6.07) is 6.12. The van der Waals surface area contributed by atoms with Crippen LogP contribution in [0.1, 0.15) is 5.69 Å². The molecule has 0 bridgehead atoms. The standard InChI is InChI=1S/C10H17NS/c1-12(2,3)9-7-10-6-4-5-8-11-10/h4-6,8H,7,9H2,1-3H3. The number of rotatable bonds is 3. The van der Waals surface area contributed by atoms with E-state index >= 15 is 0 Å². The predicted octanol–water partition coefficient (Wildman–Crippen LogP) is 2.32. The van der Waals surface area contributed by atoms with Crippen molar-refractivity contribution in [2.24, 2.45) is 0 Å². The number of pyridine rings is 1. The van der Waals surface area contributed by atoms with Gasteiger partial charge in [-0.25, -0.2) is 10.0 Å². The zero-order valence-electron chi connectivity index (χ0n) is 8.08. The van der Waals surface area contributed by atoms with Crippen LogP contribution in [0.3, 0.4) is 0 Å². The second kappa shape index (κ2) is 3.94. The minimum atomic E-state index is -0.362. The Bertz CT molecular complexity index is 225. The summed E-state index contributed by atoms with van der Waals surface area (Å²) >= 11 is 0. The van der Waals surface area contributed by atoms with Crippen LogP contribution in [0.5, 0.6) is 0 Å². The smallest absolute Gasteiger partial charge is 0.0411 e. The molecular formula is C10H17NS. The molecule has 0 spiro atoms. The van der Waals surface area contributed by atoms with Crippen molar-refractivity contribution in [1.82, 2.24) is 4.98 Å². The lowest BCUT2D eigenvalue weighted by Crippen LogP contribution is -2.02. The molecule has 12 heavy (non-hydrogen) atoms. The summed E-state index contributed by atoms with van der Waals surface area (Å²) in [6.07, 6.45) is 10.0. The summed E-state index contributed by atoms with van der Waals surface area (Å²) in [4.78, 5) is 4.30. The molecule has 1 aromatic heterocycles. The van der Waals surface area contributed by atoms with Crippen LogP contribution in [0.2, 0.25) is 0 Å². The molecule has 1 nitrogen and oxygen atoms in total. The Balaban J connectivity index is 2.44. The summed E-state index contributed by atoms with van der Waals surface area (Å²) < 4.78 is 0. The number of hydrogen-bond acceptors (Lipinski definition) is 1. The van der Waals surface area contributed by atoms with E-state index in [4.69, 9.17) is 0 Å². The van der Waals surface area contributed by atoms with Crippen molar-refractivity contribution >= 4 is 10.0 Å². The molecule has 68 valence electrons. The number of hydrogen-bond donors (Lipinski definition) is 0. The van der Waals surface area contributed by atoms with E-state index in [1.165, 1.54) is 11.4 Å². The van der Waals surface area contributed by atoms with Gasteiger partial charge in [-0.05, 0) is 43.1 Å². The average Bonchev–Trinajstić information content (AvgIpc) is 2.02. The van der Waals surface area contributed by atoms with Crippen LogP contribution in [0.25, 0.3) is 0 Å². The van der Waals surface area contributed by atoms with Crippen LogP contribution in [0.15, 0.2) is 24.4 Å². The Morgan fingerprint density at radius 3 is 2.50 bits per heavy atom. The SMILES string of the molecule is CS(C)(C)CCc1ccccn1. The fourth-order valence-electron chi connectivity index (χ4n) is 0.957. The van der Waals surface area contributed by atoms with Crippen LogP contribution in [-0.2, 0) is 6.42 Å². The van der Waals surface area contributed by atoms with Gasteiger partial charge in [0.25, 0.3) is 0 Å². The molecule has 0 N–H and O–H groups in total. The van der Waals surface area contributed by atoms with Crippen LogP contribution >= 0.6 is 10.0 Å². The van der Waals surface area contributed by atoms with Gasteiger partial charge in [0.1, 0.15) is 0 Å². The quantitative estimate of drug-likeness (QED) is 0.701. The zero-order chi connectivity index (χ0) is 9.03. The van der Waals surface area contributed by atoms with Crippen LogP contribution < -0.4 is 0 Å². The maximum atomic E-state index is 4.30. The third-order valence-corrected chi connectivity index (χ3v) is 3.13. The van der Waals surface area contributed by atoms with Crippen molar-refractivity contribution in [2.45, 2.75) is 6.42 Å². The number of nitrogens with zero attached hydrogens (tertiary/aromatic N) is 1. The lowest BCUT2D eigenvalue weighted by Gasteiger charge is -2.24. The van der Waals surface area contributed by atoms with E-state index in [-0.39, 0.29) is 10.0 Å². The van der Waals surface area contributed by atoms with Gasteiger partial charge in [-0.15, -0.1) is 0 Å². The molecule has 2 heteroatoms. The highest BCUT2D eigenvalue weighted by Crippen LogP contribution is 2.34. The van der Waals surface area contributed by atoms with Gasteiger partial charge >= 0.3 is 0 Å². The second-order valence-electron chi connectivity index (χ2n) is 3.87. The van der Waals surface area contributed by atoms with Gasteiger partial charge in [-0.1, -0.05) is 6.07 Å². The third kappa shape index (κ3) is 3.77. The van der Waals surface area contributed by atoms with Crippen LogP contribution in [0.4, 0.5) is 0 Å². The predicted molar refractivity (Wildman–Crippen MR) is 58.2 cm³/mol. The van der Waals surface area contributed by atoms with Gasteiger partial charge in [0.05, 0.1) is 0 Å². The fraction of sp³-hybridized carbons (Fsp3) is 0.500. The Labute approximate surface area is 76.5 Å². The third-order valence-electron chi connectivity index (χ3n) is 1.70. The molecule has 0 aliphatic rings. The first-order valence-corrected chi connectivity index (χ1v) is 7.16. The minimum absolute atomic E-state index is 0.362. The molecule has 0 saturated carbocycles. The summed E-state index contributed by atoms with van der Waals surface area (Å²) in [6.45, 7) is 0. The van der Waals surface area contributed by atoms with Gasteiger partial charge in [0.15, 0.2) is 0 Å². The Kier molecular flexibility index (Phi) is 3.15. The van der Waals surface area contributed by atoms with E-state index < -0.39 is 0 Å². The number of aromatic nitrogens is 1. The normalized spacial score (nSPS) is 12.9. The van der Waals surface area contributed by atoms with E-state index in [2.05, 4.69) is 35.9 Å². The maximum Gasteiger partial charge on any atom is 0.0411 e. The Morgan fingerprint density at radius 1 is 1.25 bits per heavy atom. The Hall–Kier alpha value is -0.500. The van der Waals surface area contributed by atoms with Gasteiger partial charge in [-0.2, -0.15) is 0 Å². The molecule has 0 unspecified atom stereocenters. The summed E-state index contributed by atoms with van der Waals surface area (Å²) in [5, 5.41) is 0. The summed E-state index contributed by atoms with van der Waals surface area (Å²) in [5.74, 6) is 1.28. The van der Waals surface area contributed by atoms with Gasteiger partial charge in [0.2, 0.25) is 0 Å². The molecular weight excluding hydrogens is 166 g/mol. The monoisotopic (exact) mass is 183 g/mol. The van der Waals surface area contributed by atoms with E-state index in [0.29, 0.717) is 0 Å². The van der Waals surface area contributed by atoms with Crippen molar-refractivity contribution in [3.05, 3.63) is 30.1 Å². The first-order chi connectivity index (χ1) is 5.58. The molecule has 0 saturated heterocycles. The lowest BCUT2D eigenvalue weighted by molar-refractivity contribution is 1.04.